The van der Waals surface area contributed by atoms with Gasteiger partial charge in [-0.1, -0.05) is 42.5 Å². The maximum atomic E-state index is 13.2. The Balaban J connectivity index is 1.02. The molecule has 4 aliphatic rings. The molecule has 0 saturated heterocycles. The molecule has 0 fully saturated rings. The van der Waals surface area contributed by atoms with Crippen LogP contribution in [-0.2, 0) is 22.6 Å². The van der Waals surface area contributed by atoms with E-state index in [1.807, 2.05) is 73.3 Å². The van der Waals surface area contributed by atoms with Crippen LogP contribution in [0.2, 0.25) is 0 Å². The first-order valence-corrected chi connectivity index (χ1v) is 19.5. The van der Waals surface area contributed by atoms with Crippen LogP contribution in [0.25, 0.3) is 16.7 Å². The number of allylic oxidation sites excluding steroid dienone is 6. The van der Waals surface area contributed by atoms with Gasteiger partial charge in [0.2, 0.25) is 23.0 Å². The van der Waals surface area contributed by atoms with Gasteiger partial charge in [0.05, 0.1) is 51.5 Å². The van der Waals surface area contributed by atoms with Crippen molar-refractivity contribution in [2.75, 3.05) is 66.1 Å². The van der Waals surface area contributed by atoms with Crippen LogP contribution in [0.5, 0.6) is 0 Å². The lowest BCUT2D eigenvalue weighted by Gasteiger charge is -2.33. The molecule has 298 valence electrons. The number of unbranched alkanes of at least 4 members (excludes halogenated alkanes) is 2. The van der Waals surface area contributed by atoms with Crippen molar-refractivity contribution in [3.05, 3.63) is 125 Å². The minimum absolute atomic E-state index is 0.0543. The van der Waals surface area contributed by atoms with E-state index < -0.39 is 12.2 Å². The Hall–Kier alpha value is -4.96. The van der Waals surface area contributed by atoms with Crippen LogP contribution in [-0.4, -0.2) is 110 Å². The van der Waals surface area contributed by atoms with Crippen molar-refractivity contribution < 1.29 is 34.0 Å². The number of amides is 1. The number of rotatable bonds is 18. The fourth-order valence-corrected chi connectivity index (χ4v) is 7.26. The number of carbonyl (C=O) groups excluding carboxylic acids is 1. The summed E-state index contributed by atoms with van der Waals surface area (Å²) in [7, 11) is 1.56. The molecule has 56 heavy (non-hydrogen) atoms. The molecular weight excluding hydrogens is 711 g/mol. The molecule has 0 spiro atoms. The second-order valence-corrected chi connectivity index (χ2v) is 14.4. The molecule has 2 unspecified atom stereocenters. The van der Waals surface area contributed by atoms with Crippen LogP contribution in [0.4, 0.5) is 0 Å². The number of hydrogen-bond acceptors (Lipinski definition) is 10. The van der Waals surface area contributed by atoms with Gasteiger partial charge in [-0.15, -0.1) is 0 Å². The van der Waals surface area contributed by atoms with E-state index in [2.05, 4.69) is 57.5 Å². The van der Waals surface area contributed by atoms with Crippen LogP contribution >= 0.6 is 0 Å². The first-order chi connectivity index (χ1) is 27.4. The highest BCUT2D eigenvalue weighted by atomic mass is 16.5. The first-order valence-electron chi connectivity index (χ1n) is 19.5. The average Bonchev–Trinajstić information content (AvgIpc) is 3.22. The van der Waals surface area contributed by atoms with Gasteiger partial charge < -0.3 is 41.3 Å². The topological polar surface area (TPSA) is 167 Å². The highest BCUT2D eigenvalue weighted by molar-refractivity contribution is 5.90. The van der Waals surface area contributed by atoms with Gasteiger partial charge in [0.15, 0.2) is 18.1 Å². The maximum Gasteiger partial charge on any atom is 0.224 e. The number of nitrogens with one attached hydrogen (secondary N) is 3. The number of nitrogens with zero attached hydrogens (tertiary/aromatic N) is 6. The van der Waals surface area contributed by atoms with E-state index in [0.717, 1.165) is 66.5 Å². The maximum absolute atomic E-state index is 13.2. The largest absolute Gasteiger partial charge is 0.858 e. The number of aliphatic imine (C=N–C) groups is 1. The standard InChI is InChI=1S/C42H55N9O5/c1-56-31-35(52)23-43-17-7-2-3-14-41(54)46-20-21-47-42(55)32-15-16-34-26-49(30-40(51(34)24-32)38-13-5-9-19-45-38)28-36(53)27-48-25-33-11-6-10-22-50(33)39(29-48)37-12-4-8-18-44-37/h4-6,8-13,15-16,18-19,22,24,35-36,43,45,52-53H,2-3,7,14,17,20-21,23,25-31H2,1H3,(H-,46,47,54,55). The quantitative estimate of drug-likeness (QED) is 0.0639. The zero-order valence-electron chi connectivity index (χ0n) is 32.2. The number of aromatic nitrogens is 2. The number of pyridine rings is 2. The second-order valence-electron chi connectivity index (χ2n) is 14.4. The summed E-state index contributed by atoms with van der Waals surface area (Å²) in [5, 5.41) is 48.4. The number of methoxy groups -OCH3 is 1. The summed E-state index contributed by atoms with van der Waals surface area (Å²) in [4.78, 5) is 21.1. The fraction of sp³-hybridized carbons (Fsp3) is 0.429. The predicted octanol–water partition coefficient (Wildman–Crippen LogP) is 0.802. The van der Waals surface area contributed by atoms with Gasteiger partial charge in [0.25, 0.3) is 0 Å². The molecule has 2 aromatic heterocycles. The molecule has 14 heteroatoms. The summed E-state index contributed by atoms with van der Waals surface area (Å²) < 4.78 is 9.18. The second kappa shape index (κ2) is 20.8. The van der Waals surface area contributed by atoms with Crippen LogP contribution in [0.1, 0.15) is 42.6 Å². The minimum atomic E-state index is -0.600. The molecule has 5 N–H and O–H groups in total. The van der Waals surface area contributed by atoms with Crippen molar-refractivity contribution in [1.82, 2.24) is 25.8 Å². The van der Waals surface area contributed by atoms with Crippen molar-refractivity contribution in [2.24, 2.45) is 4.99 Å². The van der Waals surface area contributed by atoms with Gasteiger partial charge in [0.1, 0.15) is 5.70 Å². The molecule has 2 aromatic rings. The van der Waals surface area contributed by atoms with E-state index in [0.29, 0.717) is 64.4 Å². The Morgan fingerprint density at radius 2 is 1.75 bits per heavy atom. The molecule has 0 aliphatic carbocycles. The van der Waals surface area contributed by atoms with E-state index in [-0.39, 0.29) is 18.3 Å². The third-order valence-electron chi connectivity index (χ3n) is 9.93. The van der Waals surface area contributed by atoms with Gasteiger partial charge in [-0.05, 0) is 43.5 Å². The van der Waals surface area contributed by atoms with Crippen molar-refractivity contribution in [1.29, 1.82) is 0 Å². The molecule has 4 aliphatic heterocycles. The highest BCUT2D eigenvalue weighted by Crippen LogP contribution is 2.24. The third kappa shape index (κ3) is 11.5. The lowest BCUT2D eigenvalue weighted by Crippen LogP contribution is -2.54. The molecule has 14 nitrogen and oxygen atoms in total. The van der Waals surface area contributed by atoms with Crippen LogP contribution < -0.4 is 30.2 Å². The Morgan fingerprint density at radius 3 is 2.52 bits per heavy atom. The molecule has 0 bridgehead atoms. The number of hydrogen-bond donors (Lipinski definition) is 5. The van der Waals surface area contributed by atoms with Gasteiger partial charge >= 0.3 is 0 Å². The Morgan fingerprint density at radius 1 is 0.946 bits per heavy atom. The molecule has 2 atom stereocenters. The summed E-state index contributed by atoms with van der Waals surface area (Å²) in [6.45, 7) is 5.58. The average molecular weight is 766 g/mol. The van der Waals surface area contributed by atoms with Crippen LogP contribution in [0.15, 0.2) is 108 Å². The molecular formula is C42H55N9O5. The normalized spacial score (nSPS) is 20.6. The molecule has 6 heterocycles. The Labute approximate surface area is 329 Å². The Bertz CT molecular complexity index is 1880. The van der Waals surface area contributed by atoms with Crippen molar-refractivity contribution >= 4 is 23.2 Å². The molecule has 1 amide bonds. The third-order valence-corrected chi connectivity index (χ3v) is 9.93. The van der Waals surface area contributed by atoms with Crippen molar-refractivity contribution in [2.45, 2.75) is 51.0 Å². The molecule has 0 aromatic carbocycles. The van der Waals surface area contributed by atoms with Gasteiger partial charge in [-0.2, -0.15) is 15.3 Å². The number of fused-ring (bicyclic) bond motifs is 2. The minimum Gasteiger partial charge on any atom is -0.858 e. The lowest BCUT2D eigenvalue weighted by atomic mass is 10.1. The van der Waals surface area contributed by atoms with E-state index in [4.69, 9.17) is 4.74 Å². The van der Waals surface area contributed by atoms with Gasteiger partial charge in [-0.3, -0.25) is 19.6 Å². The van der Waals surface area contributed by atoms with Gasteiger partial charge in [0, 0.05) is 69.7 Å². The van der Waals surface area contributed by atoms with Gasteiger partial charge in [-0.25, -0.2) is 0 Å². The molecule has 0 radical (unpaired) electrons. The van der Waals surface area contributed by atoms with E-state index in [9.17, 15) is 20.1 Å². The zero-order chi connectivity index (χ0) is 39.1. The Kier molecular flexibility index (Phi) is 15.1. The summed E-state index contributed by atoms with van der Waals surface area (Å²) in [5.41, 5.74) is 6.50. The summed E-state index contributed by atoms with van der Waals surface area (Å²) in [5.74, 6) is -0.392. The van der Waals surface area contributed by atoms with Crippen LogP contribution in [0.3, 0.4) is 0 Å². The van der Waals surface area contributed by atoms with E-state index in [1.165, 1.54) is 0 Å². The van der Waals surface area contributed by atoms with E-state index in [1.54, 1.807) is 13.2 Å². The number of ether oxygens (including phenoxy) is 1. The number of β-amino-alcohol motifs (C(OH)–C–C–N with tert-alkyl or cyclic N) is 1. The smallest absolute Gasteiger partial charge is 0.224 e. The first kappa shape index (κ1) is 40.7. The highest BCUT2D eigenvalue weighted by Gasteiger charge is 2.33. The summed E-state index contributed by atoms with van der Waals surface area (Å²) in [6, 6.07) is 9.95. The number of carbonyl (C=O) groups is 1. The van der Waals surface area contributed by atoms with Crippen LogP contribution in [0, 0.1) is 0 Å². The van der Waals surface area contributed by atoms with E-state index >= 15 is 0 Å². The SMILES string of the molecule is COCC(O)CNCCCCCC(=O)NCCN=C([O-])c1ccc2[n+](c1)C(=C1C=CC=CN1)CN(CC(O)CN1CC(=C3C=CC=C[N-]3)[n+]3ccccc3C1)C2. The van der Waals surface area contributed by atoms with Crippen molar-refractivity contribution in [3.8, 4) is 0 Å². The zero-order valence-corrected chi connectivity index (χ0v) is 32.2. The number of dihydropyridines is 1. The number of aliphatic hydroxyl groups is 2. The lowest BCUT2D eigenvalue weighted by molar-refractivity contribution is -0.600. The molecule has 0 saturated carbocycles. The van der Waals surface area contributed by atoms with Crippen molar-refractivity contribution in [3.63, 3.8) is 0 Å². The predicted molar refractivity (Wildman–Crippen MR) is 213 cm³/mol. The summed E-state index contributed by atoms with van der Waals surface area (Å²) in [6.07, 6.45) is 21.4. The number of aliphatic hydroxyl groups excluding tert-OH is 2. The monoisotopic (exact) mass is 765 g/mol. The molecule has 6 rings (SSSR count). The fourth-order valence-electron chi connectivity index (χ4n) is 7.26. The summed E-state index contributed by atoms with van der Waals surface area (Å²) >= 11 is 0.